The van der Waals surface area contributed by atoms with Crippen molar-refractivity contribution in [3.63, 3.8) is 0 Å². The van der Waals surface area contributed by atoms with Crippen molar-refractivity contribution in [1.82, 2.24) is 5.16 Å². The number of nitrogens with zero attached hydrogens (tertiary/aromatic N) is 3. The monoisotopic (exact) mass is 303 g/mol. The van der Waals surface area contributed by atoms with Crippen LogP contribution in [0.15, 0.2) is 22.7 Å². The lowest BCUT2D eigenvalue weighted by atomic mass is 10.1. The number of aryl methyl sites for hydroxylation is 2. The van der Waals surface area contributed by atoms with E-state index in [4.69, 9.17) is 9.26 Å². The minimum Gasteiger partial charge on any atom is -0.475 e. The van der Waals surface area contributed by atoms with Crippen molar-refractivity contribution in [2.24, 2.45) is 0 Å². The molecule has 0 bridgehead atoms. The number of nitro groups is 1. The average molecular weight is 303 g/mol. The van der Waals surface area contributed by atoms with Gasteiger partial charge in [-0.2, -0.15) is 0 Å². The number of aromatic nitrogens is 1. The number of rotatable bonds is 3. The SMILES string of the molecule is Cc1noc(C)c1CN1C(=O)COc2c1cccc2[N+](=O)[O-]. The number of nitro benzene ring substituents is 1. The summed E-state index contributed by atoms with van der Waals surface area (Å²) in [7, 11) is 0. The molecule has 0 saturated heterocycles. The molecule has 0 N–H and O–H groups in total. The normalized spacial score (nSPS) is 13.7. The second-order valence-corrected chi connectivity index (χ2v) is 4.95. The molecule has 0 fully saturated rings. The van der Waals surface area contributed by atoms with Gasteiger partial charge in [0.2, 0.25) is 5.75 Å². The lowest BCUT2D eigenvalue weighted by molar-refractivity contribution is -0.385. The minimum absolute atomic E-state index is 0.110. The van der Waals surface area contributed by atoms with Crippen molar-refractivity contribution in [3.05, 3.63) is 45.3 Å². The Labute approximate surface area is 125 Å². The molecule has 0 radical (unpaired) electrons. The number of carbonyl (C=O) groups is 1. The van der Waals surface area contributed by atoms with Crippen LogP contribution in [0.25, 0.3) is 0 Å². The molecule has 1 aromatic carbocycles. The van der Waals surface area contributed by atoms with Crippen molar-refractivity contribution in [1.29, 1.82) is 0 Å². The maximum Gasteiger partial charge on any atom is 0.313 e. The van der Waals surface area contributed by atoms with Crippen molar-refractivity contribution in [2.45, 2.75) is 20.4 Å². The fourth-order valence-corrected chi connectivity index (χ4v) is 2.42. The lowest BCUT2D eigenvalue weighted by Gasteiger charge is -2.28. The molecule has 114 valence electrons. The zero-order valence-electron chi connectivity index (χ0n) is 12.0. The molecule has 1 amide bonds. The van der Waals surface area contributed by atoms with Gasteiger partial charge in [-0.25, -0.2) is 0 Å². The number of benzene rings is 1. The number of anilines is 1. The Balaban J connectivity index is 2.05. The Bertz CT molecular complexity index is 748. The summed E-state index contributed by atoms with van der Waals surface area (Å²) in [4.78, 5) is 24.2. The summed E-state index contributed by atoms with van der Waals surface area (Å²) < 4.78 is 10.4. The van der Waals surface area contributed by atoms with Crippen LogP contribution >= 0.6 is 0 Å². The Hall–Kier alpha value is -2.90. The van der Waals surface area contributed by atoms with E-state index in [0.717, 1.165) is 5.56 Å². The topological polar surface area (TPSA) is 98.7 Å². The van der Waals surface area contributed by atoms with Crippen LogP contribution in [0.5, 0.6) is 5.75 Å². The van der Waals surface area contributed by atoms with Crippen LogP contribution in [0.2, 0.25) is 0 Å². The van der Waals surface area contributed by atoms with Crippen LogP contribution in [0, 0.1) is 24.0 Å². The number of hydrogen-bond donors (Lipinski definition) is 0. The Morgan fingerprint density at radius 3 is 2.82 bits per heavy atom. The van der Waals surface area contributed by atoms with Crippen LogP contribution in [-0.2, 0) is 11.3 Å². The number of fused-ring (bicyclic) bond motifs is 1. The Morgan fingerprint density at radius 1 is 1.41 bits per heavy atom. The second-order valence-electron chi connectivity index (χ2n) is 4.95. The minimum atomic E-state index is -0.525. The highest BCUT2D eigenvalue weighted by atomic mass is 16.6. The van der Waals surface area contributed by atoms with E-state index in [1.807, 2.05) is 0 Å². The zero-order chi connectivity index (χ0) is 15.9. The van der Waals surface area contributed by atoms with Gasteiger partial charge < -0.3 is 14.2 Å². The van der Waals surface area contributed by atoms with E-state index in [-0.39, 0.29) is 30.5 Å². The molecule has 0 unspecified atom stereocenters. The fraction of sp³-hybridized carbons (Fsp3) is 0.286. The van der Waals surface area contributed by atoms with Gasteiger partial charge in [-0.15, -0.1) is 0 Å². The molecule has 0 atom stereocenters. The van der Waals surface area contributed by atoms with Gasteiger partial charge in [-0.05, 0) is 19.9 Å². The molecule has 0 spiro atoms. The molecular formula is C14H13N3O5. The van der Waals surface area contributed by atoms with Gasteiger partial charge >= 0.3 is 5.69 Å². The highest BCUT2D eigenvalue weighted by Gasteiger charge is 2.32. The zero-order valence-corrected chi connectivity index (χ0v) is 12.0. The highest BCUT2D eigenvalue weighted by Crippen LogP contribution is 2.40. The third kappa shape index (κ3) is 2.18. The molecule has 2 aromatic rings. The van der Waals surface area contributed by atoms with Crippen molar-refractivity contribution >= 4 is 17.3 Å². The van der Waals surface area contributed by atoms with E-state index < -0.39 is 4.92 Å². The number of ether oxygens (including phenoxy) is 1. The molecule has 1 aliphatic rings. The van der Waals surface area contributed by atoms with Gasteiger partial charge in [-0.3, -0.25) is 14.9 Å². The molecule has 1 aromatic heterocycles. The van der Waals surface area contributed by atoms with E-state index in [2.05, 4.69) is 5.16 Å². The summed E-state index contributed by atoms with van der Waals surface area (Å²) in [5.74, 6) is 0.454. The lowest BCUT2D eigenvalue weighted by Crippen LogP contribution is -2.38. The fourth-order valence-electron chi connectivity index (χ4n) is 2.42. The summed E-state index contributed by atoms with van der Waals surface area (Å²) in [6.07, 6.45) is 0. The summed E-state index contributed by atoms with van der Waals surface area (Å²) in [5, 5.41) is 14.9. The molecule has 1 aliphatic heterocycles. The number of hydrogen-bond acceptors (Lipinski definition) is 6. The van der Waals surface area contributed by atoms with Crippen LogP contribution in [-0.4, -0.2) is 22.6 Å². The van der Waals surface area contributed by atoms with Crippen molar-refractivity contribution in [2.75, 3.05) is 11.5 Å². The standard InChI is InChI=1S/C14H13N3O5/c1-8-10(9(2)22-15-8)6-16-11-4-3-5-12(17(19)20)14(11)21-7-13(16)18/h3-5H,6-7H2,1-2H3. The Kier molecular flexibility index (Phi) is 3.28. The highest BCUT2D eigenvalue weighted by molar-refractivity contribution is 5.98. The van der Waals surface area contributed by atoms with E-state index in [9.17, 15) is 14.9 Å². The quantitative estimate of drug-likeness (QED) is 0.636. The van der Waals surface area contributed by atoms with Gasteiger partial charge in [-0.1, -0.05) is 11.2 Å². The Morgan fingerprint density at radius 2 is 2.18 bits per heavy atom. The largest absolute Gasteiger partial charge is 0.475 e. The molecule has 8 nitrogen and oxygen atoms in total. The average Bonchev–Trinajstić information content (AvgIpc) is 2.80. The van der Waals surface area contributed by atoms with E-state index >= 15 is 0 Å². The summed E-state index contributed by atoms with van der Waals surface area (Å²) in [6.45, 7) is 3.54. The van der Waals surface area contributed by atoms with Crippen LogP contribution in [0.1, 0.15) is 17.0 Å². The molecule has 0 aliphatic carbocycles. The molecule has 2 heterocycles. The first kappa shape index (κ1) is 14.1. The van der Waals surface area contributed by atoms with Gasteiger partial charge in [0, 0.05) is 11.6 Å². The second kappa shape index (κ2) is 5.14. The van der Waals surface area contributed by atoms with Crippen LogP contribution in [0.3, 0.4) is 0 Å². The molecule has 22 heavy (non-hydrogen) atoms. The van der Waals surface area contributed by atoms with E-state index in [1.165, 1.54) is 17.0 Å². The van der Waals surface area contributed by atoms with E-state index in [1.54, 1.807) is 19.9 Å². The predicted octanol–water partition coefficient (Wildman–Crippen LogP) is 2.13. The maximum absolute atomic E-state index is 12.2. The van der Waals surface area contributed by atoms with Gasteiger partial charge in [0.15, 0.2) is 6.61 Å². The van der Waals surface area contributed by atoms with Crippen molar-refractivity contribution < 1.29 is 19.0 Å². The molecular weight excluding hydrogens is 290 g/mol. The third-order valence-electron chi connectivity index (χ3n) is 3.60. The number of amides is 1. The van der Waals surface area contributed by atoms with E-state index in [0.29, 0.717) is 17.1 Å². The smallest absolute Gasteiger partial charge is 0.313 e. The molecule has 3 rings (SSSR count). The first-order valence-electron chi connectivity index (χ1n) is 6.61. The number of carbonyl (C=O) groups excluding carboxylic acids is 1. The third-order valence-corrected chi connectivity index (χ3v) is 3.60. The van der Waals surface area contributed by atoms with Gasteiger partial charge in [0.1, 0.15) is 5.76 Å². The molecule has 8 heteroatoms. The number of para-hydroxylation sites is 1. The summed E-state index contributed by atoms with van der Waals surface area (Å²) in [6, 6.07) is 4.50. The summed E-state index contributed by atoms with van der Waals surface area (Å²) in [5.41, 5.74) is 1.69. The van der Waals surface area contributed by atoms with Gasteiger partial charge in [0.25, 0.3) is 5.91 Å². The van der Waals surface area contributed by atoms with Crippen LogP contribution < -0.4 is 9.64 Å². The first-order valence-corrected chi connectivity index (χ1v) is 6.61. The predicted molar refractivity (Wildman–Crippen MR) is 75.8 cm³/mol. The van der Waals surface area contributed by atoms with Crippen molar-refractivity contribution in [3.8, 4) is 5.75 Å². The maximum atomic E-state index is 12.2. The first-order chi connectivity index (χ1) is 10.5. The van der Waals surface area contributed by atoms with Crippen LogP contribution in [0.4, 0.5) is 11.4 Å². The molecule has 0 saturated carbocycles. The van der Waals surface area contributed by atoms with Gasteiger partial charge in [0.05, 0.1) is 22.8 Å². The summed E-state index contributed by atoms with van der Waals surface area (Å²) >= 11 is 0.